The summed E-state index contributed by atoms with van der Waals surface area (Å²) in [6.07, 6.45) is 7.71. The highest BCUT2D eigenvalue weighted by Crippen LogP contribution is 2.33. The topological polar surface area (TPSA) is 90.9 Å². The van der Waals surface area contributed by atoms with Crippen molar-refractivity contribution in [1.82, 2.24) is 9.55 Å². The molecule has 4 rings (SSSR count). The number of fused-ring (bicyclic) bond motifs is 1. The zero-order valence-electron chi connectivity index (χ0n) is 14.0. The quantitative estimate of drug-likeness (QED) is 0.306. The van der Waals surface area contributed by atoms with E-state index in [9.17, 15) is 14.8 Å². The summed E-state index contributed by atoms with van der Waals surface area (Å²) in [5.74, 6) is -1.04. The van der Waals surface area contributed by atoms with E-state index in [1.54, 1.807) is 24.5 Å². The Morgan fingerprint density at radius 1 is 1.30 bits per heavy atom. The predicted molar refractivity (Wildman–Crippen MR) is 101 cm³/mol. The van der Waals surface area contributed by atoms with Gasteiger partial charge in [0.15, 0.2) is 0 Å². The molecule has 27 heavy (non-hydrogen) atoms. The van der Waals surface area contributed by atoms with Gasteiger partial charge in [-0.25, -0.2) is 4.98 Å². The van der Waals surface area contributed by atoms with Gasteiger partial charge in [0.1, 0.15) is 15.7 Å². The standard InChI is InChI=1S/C18H14Cl2N4O3/c19-13-8-24(27)9-14(20)15(13)22-18(26)16(25)12-7-23(6-10-3-4-10)17-11(12)2-1-5-21-17/h1-2,5,7-10H,3-4,6H2,(H,22,26). The van der Waals surface area contributed by atoms with Gasteiger partial charge in [-0.05, 0) is 30.9 Å². The Hall–Kier alpha value is -2.64. The van der Waals surface area contributed by atoms with Crippen LogP contribution >= 0.6 is 23.2 Å². The van der Waals surface area contributed by atoms with Crippen LogP contribution in [0, 0.1) is 11.1 Å². The molecule has 3 aromatic heterocycles. The summed E-state index contributed by atoms with van der Waals surface area (Å²) in [4.78, 5) is 29.6. The summed E-state index contributed by atoms with van der Waals surface area (Å²) < 4.78 is 2.33. The first-order valence-electron chi connectivity index (χ1n) is 8.31. The van der Waals surface area contributed by atoms with Crippen LogP contribution in [0.3, 0.4) is 0 Å². The van der Waals surface area contributed by atoms with Crippen LogP contribution in [0.25, 0.3) is 11.0 Å². The number of ketones is 1. The van der Waals surface area contributed by atoms with E-state index >= 15 is 0 Å². The molecule has 0 saturated heterocycles. The summed E-state index contributed by atoms with van der Waals surface area (Å²) in [5, 5.41) is 14.2. The second-order valence-electron chi connectivity index (χ2n) is 6.49. The van der Waals surface area contributed by atoms with E-state index in [2.05, 4.69) is 10.3 Å². The monoisotopic (exact) mass is 404 g/mol. The molecule has 0 unspecified atom stereocenters. The van der Waals surface area contributed by atoms with E-state index in [1.807, 2.05) is 4.57 Å². The van der Waals surface area contributed by atoms with Crippen molar-refractivity contribution in [3.05, 3.63) is 57.7 Å². The predicted octanol–water partition coefficient (Wildman–Crippen LogP) is 3.21. The lowest BCUT2D eigenvalue weighted by molar-refractivity contribution is -0.605. The van der Waals surface area contributed by atoms with Gasteiger partial charge in [0, 0.05) is 24.3 Å². The number of rotatable bonds is 5. The van der Waals surface area contributed by atoms with Gasteiger partial charge in [-0.3, -0.25) is 9.59 Å². The van der Waals surface area contributed by atoms with Crippen molar-refractivity contribution in [1.29, 1.82) is 0 Å². The van der Waals surface area contributed by atoms with Gasteiger partial charge in [-0.2, -0.15) is 4.73 Å². The molecule has 0 aliphatic heterocycles. The maximum atomic E-state index is 12.8. The van der Waals surface area contributed by atoms with Crippen LogP contribution in [0.5, 0.6) is 0 Å². The molecule has 1 amide bonds. The van der Waals surface area contributed by atoms with Crippen LogP contribution in [0.1, 0.15) is 23.2 Å². The highest BCUT2D eigenvalue weighted by atomic mass is 35.5. The largest absolute Gasteiger partial charge is 0.619 e. The summed E-state index contributed by atoms with van der Waals surface area (Å²) in [6, 6.07) is 3.48. The number of anilines is 1. The average Bonchev–Trinajstić information content (AvgIpc) is 3.37. The van der Waals surface area contributed by atoms with E-state index in [0.717, 1.165) is 31.8 Å². The Labute approximate surface area is 164 Å². The van der Waals surface area contributed by atoms with Crippen molar-refractivity contribution in [2.75, 3.05) is 5.32 Å². The van der Waals surface area contributed by atoms with E-state index < -0.39 is 11.7 Å². The van der Waals surface area contributed by atoms with Crippen molar-refractivity contribution in [2.24, 2.45) is 5.92 Å². The molecule has 0 atom stereocenters. The van der Waals surface area contributed by atoms with Crippen molar-refractivity contribution in [3.63, 3.8) is 0 Å². The third-order valence-corrected chi connectivity index (χ3v) is 5.01. The van der Waals surface area contributed by atoms with Gasteiger partial charge in [0.05, 0.1) is 11.3 Å². The molecule has 1 saturated carbocycles. The lowest BCUT2D eigenvalue weighted by Gasteiger charge is -2.08. The van der Waals surface area contributed by atoms with E-state index in [-0.39, 0.29) is 21.3 Å². The van der Waals surface area contributed by atoms with E-state index in [4.69, 9.17) is 23.2 Å². The first-order chi connectivity index (χ1) is 12.9. The summed E-state index contributed by atoms with van der Waals surface area (Å²) in [5.41, 5.74) is 0.950. The van der Waals surface area contributed by atoms with Gasteiger partial charge in [0.2, 0.25) is 12.4 Å². The SMILES string of the molecule is O=C(Nc1c(Cl)c[n+]([O-])cc1Cl)C(=O)c1cn(CC2CC2)c2ncccc12. The number of nitrogens with one attached hydrogen (secondary N) is 1. The normalized spacial score (nSPS) is 13.7. The van der Waals surface area contributed by atoms with Crippen LogP contribution in [-0.4, -0.2) is 21.2 Å². The number of carbonyl (C=O) groups excluding carboxylic acids is 2. The number of hydrogen-bond acceptors (Lipinski definition) is 4. The number of aromatic nitrogens is 3. The average molecular weight is 405 g/mol. The van der Waals surface area contributed by atoms with Crippen molar-refractivity contribution in [3.8, 4) is 0 Å². The molecule has 1 aliphatic rings. The van der Waals surface area contributed by atoms with Gasteiger partial charge >= 0.3 is 0 Å². The number of pyridine rings is 2. The minimum Gasteiger partial charge on any atom is -0.619 e. The molecule has 3 heterocycles. The second-order valence-corrected chi connectivity index (χ2v) is 7.30. The molecule has 1 fully saturated rings. The van der Waals surface area contributed by atoms with Crippen LogP contribution in [-0.2, 0) is 11.3 Å². The smallest absolute Gasteiger partial charge is 0.296 e. The van der Waals surface area contributed by atoms with Crippen LogP contribution < -0.4 is 10.0 Å². The highest BCUT2D eigenvalue weighted by molar-refractivity contribution is 6.50. The molecule has 7 nitrogen and oxygen atoms in total. The number of hydrogen-bond donors (Lipinski definition) is 1. The minimum atomic E-state index is -0.892. The van der Waals surface area contributed by atoms with E-state index in [1.165, 1.54) is 0 Å². The third kappa shape index (κ3) is 3.48. The summed E-state index contributed by atoms with van der Waals surface area (Å²) >= 11 is 11.9. The van der Waals surface area contributed by atoms with Crippen molar-refractivity contribution >= 4 is 51.6 Å². The minimum absolute atomic E-state index is 0.0172. The molecule has 1 N–H and O–H groups in total. The molecular formula is C18H14Cl2N4O3. The highest BCUT2D eigenvalue weighted by Gasteiger charge is 2.27. The molecule has 0 bridgehead atoms. The lowest BCUT2D eigenvalue weighted by Crippen LogP contribution is -2.27. The fourth-order valence-corrected chi connectivity index (χ4v) is 3.48. The fourth-order valence-electron chi connectivity index (χ4n) is 2.94. The van der Waals surface area contributed by atoms with Gasteiger partial charge in [-0.1, -0.05) is 23.2 Å². The fraction of sp³-hybridized carbons (Fsp3) is 0.222. The Kier molecular flexibility index (Phi) is 4.49. The zero-order valence-corrected chi connectivity index (χ0v) is 15.5. The van der Waals surface area contributed by atoms with Gasteiger partial charge < -0.3 is 15.1 Å². The third-order valence-electron chi connectivity index (χ3n) is 4.43. The molecule has 0 radical (unpaired) electrons. The van der Waals surface area contributed by atoms with Crippen LogP contribution in [0.15, 0.2) is 36.9 Å². The molecular weight excluding hydrogens is 391 g/mol. The second kappa shape index (κ2) is 6.83. The molecule has 0 spiro atoms. The number of halogens is 2. The van der Waals surface area contributed by atoms with Crippen LogP contribution in [0.2, 0.25) is 10.0 Å². The Bertz CT molecular complexity index is 1050. The lowest BCUT2D eigenvalue weighted by atomic mass is 10.1. The number of amides is 1. The maximum absolute atomic E-state index is 12.8. The number of carbonyl (C=O) groups is 2. The van der Waals surface area contributed by atoms with E-state index in [0.29, 0.717) is 21.7 Å². The first kappa shape index (κ1) is 17.8. The zero-order chi connectivity index (χ0) is 19.1. The molecule has 3 aromatic rings. The Morgan fingerprint density at radius 2 is 2.00 bits per heavy atom. The van der Waals surface area contributed by atoms with Crippen molar-refractivity contribution < 1.29 is 14.3 Å². The van der Waals surface area contributed by atoms with Gasteiger partial charge in [-0.15, -0.1) is 0 Å². The molecule has 1 aliphatic carbocycles. The molecule has 0 aromatic carbocycles. The number of nitrogens with zero attached hydrogens (tertiary/aromatic N) is 3. The molecule has 9 heteroatoms. The summed E-state index contributed by atoms with van der Waals surface area (Å²) in [7, 11) is 0. The molecule has 138 valence electrons. The maximum Gasteiger partial charge on any atom is 0.296 e. The number of Topliss-reactive ketones (excluding diaryl/α,β-unsaturated/α-hetero) is 1. The van der Waals surface area contributed by atoms with Crippen molar-refractivity contribution in [2.45, 2.75) is 19.4 Å². The summed E-state index contributed by atoms with van der Waals surface area (Å²) in [6.45, 7) is 0.766. The van der Waals surface area contributed by atoms with Gasteiger partial charge in [0.25, 0.3) is 11.7 Å². The van der Waals surface area contributed by atoms with Crippen LogP contribution in [0.4, 0.5) is 5.69 Å². The first-order valence-corrected chi connectivity index (χ1v) is 9.07. The Balaban J connectivity index is 1.65. The Morgan fingerprint density at radius 3 is 2.67 bits per heavy atom.